The molecule has 1 amide bonds. The van der Waals surface area contributed by atoms with E-state index in [4.69, 9.17) is 11.5 Å². The van der Waals surface area contributed by atoms with Crippen molar-refractivity contribution in [1.29, 1.82) is 0 Å². The first-order chi connectivity index (χ1) is 14.2. The number of pyridine rings is 1. The average Bonchev–Trinajstić information content (AvgIpc) is 3.07. The molecule has 1 aromatic carbocycles. The van der Waals surface area contributed by atoms with Crippen LogP contribution < -0.4 is 16.4 Å². The van der Waals surface area contributed by atoms with Crippen molar-refractivity contribution in [3.8, 4) is 11.1 Å². The van der Waals surface area contributed by atoms with E-state index in [0.717, 1.165) is 10.9 Å². The molecular formula is C20H21F3N6O. The molecule has 30 heavy (non-hydrogen) atoms. The molecular weight excluding hydrogens is 397 g/mol. The number of piperidine rings is 1. The lowest BCUT2D eigenvalue weighted by atomic mass is 9.93. The molecule has 0 bridgehead atoms. The zero-order valence-electron chi connectivity index (χ0n) is 16.3. The third kappa shape index (κ3) is 3.42. The number of carbonyl (C=O) groups is 1. The summed E-state index contributed by atoms with van der Waals surface area (Å²) in [7, 11) is 1.79. The van der Waals surface area contributed by atoms with Crippen molar-refractivity contribution >= 4 is 28.3 Å². The van der Waals surface area contributed by atoms with Gasteiger partial charge in [-0.1, -0.05) is 6.07 Å². The lowest BCUT2D eigenvalue weighted by molar-refractivity contribution is -0.136. The van der Waals surface area contributed by atoms with Crippen LogP contribution in [0.5, 0.6) is 0 Å². The lowest BCUT2D eigenvalue weighted by Crippen LogP contribution is -2.39. The maximum absolute atomic E-state index is 14.0. The van der Waals surface area contributed by atoms with Gasteiger partial charge in [0.25, 0.3) is 0 Å². The van der Waals surface area contributed by atoms with Crippen LogP contribution in [-0.4, -0.2) is 33.8 Å². The van der Waals surface area contributed by atoms with E-state index in [-0.39, 0.29) is 24.7 Å². The van der Waals surface area contributed by atoms with Gasteiger partial charge in [-0.25, -0.2) is 4.98 Å². The molecule has 0 aliphatic carbocycles. The molecule has 0 radical (unpaired) electrons. The van der Waals surface area contributed by atoms with Gasteiger partial charge in [0.2, 0.25) is 5.91 Å². The first kappa shape index (κ1) is 20.0. The van der Waals surface area contributed by atoms with E-state index in [0.29, 0.717) is 24.0 Å². The van der Waals surface area contributed by atoms with Gasteiger partial charge in [-0.2, -0.15) is 18.3 Å². The minimum atomic E-state index is -4.68. The molecule has 0 unspecified atom stereocenters. The normalized spacial score (nSPS) is 15.7. The van der Waals surface area contributed by atoms with Crippen LogP contribution in [0.1, 0.15) is 18.4 Å². The number of alkyl halides is 3. The number of nitrogens with zero attached hydrogens (tertiary/aromatic N) is 4. The monoisotopic (exact) mass is 418 g/mol. The van der Waals surface area contributed by atoms with Crippen molar-refractivity contribution in [3.05, 3.63) is 36.2 Å². The summed E-state index contributed by atoms with van der Waals surface area (Å²) in [4.78, 5) is 16.9. The highest BCUT2D eigenvalue weighted by molar-refractivity contribution is 5.90. The van der Waals surface area contributed by atoms with Crippen LogP contribution in [0.2, 0.25) is 0 Å². The molecule has 2 aromatic heterocycles. The minimum Gasteiger partial charge on any atom is -0.383 e. The van der Waals surface area contributed by atoms with E-state index in [1.165, 1.54) is 6.20 Å². The molecule has 3 heterocycles. The maximum atomic E-state index is 14.0. The molecule has 1 aliphatic heterocycles. The number of nitrogen functional groups attached to an aromatic ring is 1. The molecule has 158 valence electrons. The lowest BCUT2D eigenvalue weighted by Gasteiger charge is -2.35. The Morgan fingerprint density at radius 3 is 2.53 bits per heavy atom. The van der Waals surface area contributed by atoms with Gasteiger partial charge in [-0.3, -0.25) is 9.48 Å². The molecule has 7 nitrogen and oxygen atoms in total. The summed E-state index contributed by atoms with van der Waals surface area (Å²) in [5.74, 6) is -1.34. The number of amides is 1. The fourth-order valence-electron chi connectivity index (χ4n) is 4.05. The summed E-state index contributed by atoms with van der Waals surface area (Å²) in [6, 6.07) is 5.34. The van der Waals surface area contributed by atoms with Gasteiger partial charge in [0.1, 0.15) is 11.4 Å². The third-order valence-electron chi connectivity index (χ3n) is 5.64. The van der Waals surface area contributed by atoms with E-state index >= 15 is 0 Å². The van der Waals surface area contributed by atoms with E-state index in [1.807, 2.05) is 6.07 Å². The van der Waals surface area contributed by atoms with Gasteiger partial charge < -0.3 is 16.4 Å². The predicted molar refractivity (Wildman–Crippen MR) is 107 cm³/mol. The van der Waals surface area contributed by atoms with Crippen LogP contribution in [0.3, 0.4) is 0 Å². The van der Waals surface area contributed by atoms with Crippen molar-refractivity contribution in [2.75, 3.05) is 23.7 Å². The van der Waals surface area contributed by atoms with E-state index in [1.54, 1.807) is 35.0 Å². The Labute approximate surface area is 170 Å². The fourth-order valence-corrected chi connectivity index (χ4v) is 4.05. The highest BCUT2D eigenvalue weighted by atomic mass is 19.4. The van der Waals surface area contributed by atoms with Crippen LogP contribution in [0.25, 0.3) is 22.0 Å². The number of anilines is 2. The Balaban J connectivity index is 1.87. The van der Waals surface area contributed by atoms with Crippen LogP contribution >= 0.6 is 0 Å². The van der Waals surface area contributed by atoms with Crippen LogP contribution in [0.15, 0.2) is 30.6 Å². The first-order valence-corrected chi connectivity index (χ1v) is 9.49. The molecule has 0 saturated carbocycles. The second-order valence-electron chi connectivity index (χ2n) is 7.48. The Hall–Kier alpha value is -3.30. The second kappa shape index (κ2) is 7.19. The van der Waals surface area contributed by atoms with Gasteiger partial charge in [0.15, 0.2) is 0 Å². The van der Waals surface area contributed by atoms with Gasteiger partial charge in [-0.15, -0.1) is 0 Å². The number of benzene rings is 1. The highest BCUT2D eigenvalue weighted by Gasteiger charge is 2.40. The summed E-state index contributed by atoms with van der Waals surface area (Å²) in [5, 5.41) is 4.99. The molecule has 1 fully saturated rings. The van der Waals surface area contributed by atoms with E-state index in [2.05, 4.69) is 10.1 Å². The van der Waals surface area contributed by atoms with Crippen LogP contribution in [0.4, 0.5) is 24.7 Å². The predicted octanol–water partition coefficient (Wildman–Crippen LogP) is 2.94. The number of hydrogen-bond acceptors (Lipinski definition) is 5. The summed E-state index contributed by atoms with van der Waals surface area (Å²) in [6.45, 7) is 0.532. The van der Waals surface area contributed by atoms with Gasteiger partial charge >= 0.3 is 6.18 Å². The molecule has 0 spiro atoms. The summed E-state index contributed by atoms with van der Waals surface area (Å²) < 4.78 is 43.7. The summed E-state index contributed by atoms with van der Waals surface area (Å²) in [6.07, 6.45) is -0.878. The third-order valence-corrected chi connectivity index (χ3v) is 5.64. The number of rotatable bonds is 3. The van der Waals surface area contributed by atoms with E-state index < -0.39 is 23.5 Å². The number of nitrogens with two attached hydrogens (primary N) is 2. The summed E-state index contributed by atoms with van der Waals surface area (Å²) in [5.41, 5.74) is 11.9. The summed E-state index contributed by atoms with van der Waals surface area (Å²) >= 11 is 0. The zero-order valence-corrected chi connectivity index (χ0v) is 16.3. The van der Waals surface area contributed by atoms with Crippen LogP contribution in [-0.2, 0) is 18.0 Å². The molecule has 4 rings (SSSR count). The SMILES string of the molecule is Cn1ncc2cc(-c3cnc(N)c(C(F)(F)F)c3N3CCC(C(N)=O)CC3)ccc21. The largest absolute Gasteiger partial charge is 0.421 e. The van der Waals surface area contributed by atoms with Crippen molar-refractivity contribution in [1.82, 2.24) is 14.8 Å². The number of carbonyl (C=O) groups excluding carboxylic acids is 1. The van der Waals surface area contributed by atoms with E-state index in [9.17, 15) is 18.0 Å². The molecule has 0 atom stereocenters. The second-order valence-corrected chi connectivity index (χ2v) is 7.48. The number of primary amides is 1. The molecule has 1 aliphatic rings. The van der Waals surface area contributed by atoms with Crippen LogP contribution in [0, 0.1) is 5.92 Å². The number of hydrogen-bond donors (Lipinski definition) is 2. The number of halogens is 3. The fraction of sp³-hybridized carbons (Fsp3) is 0.350. The van der Waals surface area contributed by atoms with Gasteiger partial charge in [0, 0.05) is 43.2 Å². The van der Waals surface area contributed by atoms with Crippen molar-refractivity contribution < 1.29 is 18.0 Å². The van der Waals surface area contributed by atoms with Gasteiger partial charge in [0.05, 0.1) is 17.4 Å². The van der Waals surface area contributed by atoms with Crippen molar-refractivity contribution in [2.24, 2.45) is 18.7 Å². The van der Waals surface area contributed by atoms with Crippen molar-refractivity contribution in [2.45, 2.75) is 19.0 Å². The number of aromatic nitrogens is 3. The Kier molecular flexibility index (Phi) is 4.79. The smallest absolute Gasteiger partial charge is 0.383 e. The molecule has 3 aromatic rings. The Bertz CT molecular complexity index is 1120. The topological polar surface area (TPSA) is 103 Å². The molecule has 10 heteroatoms. The molecule has 4 N–H and O–H groups in total. The maximum Gasteiger partial charge on any atom is 0.421 e. The Morgan fingerprint density at radius 1 is 1.20 bits per heavy atom. The minimum absolute atomic E-state index is 0.0128. The van der Waals surface area contributed by atoms with Crippen molar-refractivity contribution in [3.63, 3.8) is 0 Å². The Morgan fingerprint density at radius 2 is 1.90 bits per heavy atom. The average molecular weight is 418 g/mol. The van der Waals surface area contributed by atoms with Gasteiger partial charge in [-0.05, 0) is 30.5 Å². The zero-order chi connectivity index (χ0) is 21.6. The number of aryl methyl sites for hydroxylation is 1. The highest BCUT2D eigenvalue weighted by Crippen LogP contribution is 2.45. The molecule has 1 saturated heterocycles. The standard InChI is InChI=1S/C20H21F3N6O/c1-28-15-3-2-12(8-13(15)9-27-28)14-10-26-18(24)16(20(21,22)23)17(14)29-6-4-11(5-7-29)19(25)30/h2-3,8-11H,4-7H2,1H3,(H2,24,26)(H2,25,30). The first-order valence-electron chi connectivity index (χ1n) is 9.49. The quantitative estimate of drug-likeness (QED) is 0.681. The number of fused-ring (bicyclic) bond motifs is 1.